The molecule has 0 radical (unpaired) electrons. The lowest BCUT2D eigenvalue weighted by atomic mass is 10.2. The molecule has 0 aliphatic rings. The van der Waals surface area contributed by atoms with E-state index in [1.807, 2.05) is 20.8 Å². The van der Waals surface area contributed by atoms with E-state index in [9.17, 15) is 0 Å². The van der Waals surface area contributed by atoms with Gasteiger partial charge in [-0.05, 0) is 25.1 Å². The molecular weight excluding hydrogens is 307 g/mol. The molecule has 2 rings (SSSR count). The van der Waals surface area contributed by atoms with Crippen LogP contribution in [0.25, 0.3) is 0 Å². The summed E-state index contributed by atoms with van der Waals surface area (Å²) in [7, 11) is 0. The quantitative estimate of drug-likeness (QED) is 0.823. The van der Waals surface area contributed by atoms with Gasteiger partial charge in [-0.2, -0.15) is 5.26 Å². The molecule has 108 valence electrons. The third kappa shape index (κ3) is 3.44. The summed E-state index contributed by atoms with van der Waals surface area (Å²) in [5.41, 5.74) is 1.87. The van der Waals surface area contributed by atoms with Crippen molar-refractivity contribution in [2.24, 2.45) is 0 Å². The van der Waals surface area contributed by atoms with E-state index in [1.165, 1.54) is 0 Å². The maximum absolute atomic E-state index is 8.97. The van der Waals surface area contributed by atoms with Crippen LogP contribution in [-0.4, -0.2) is 9.97 Å². The van der Waals surface area contributed by atoms with Gasteiger partial charge >= 0.3 is 0 Å². The van der Waals surface area contributed by atoms with Crippen LogP contribution in [0.1, 0.15) is 36.7 Å². The van der Waals surface area contributed by atoms with Gasteiger partial charge in [0.1, 0.15) is 16.8 Å². The predicted molar refractivity (Wildman–Crippen MR) is 85.3 cm³/mol. The number of aromatic nitrogens is 2. The van der Waals surface area contributed by atoms with E-state index >= 15 is 0 Å². The lowest BCUT2D eigenvalue weighted by Crippen LogP contribution is -2.05. The van der Waals surface area contributed by atoms with Crippen molar-refractivity contribution in [2.45, 2.75) is 26.7 Å². The second-order valence-corrected chi connectivity index (χ2v) is 5.70. The lowest BCUT2D eigenvalue weighted by molar-refractivity contribution is 0.773. The fourth-order valence-electron chi connectivity index (χ4n) is 1.70. The van der Waals surface area contributed by atoms with Gasteiger partial charge in [-0.3, -0.25) is 0 Å². The first kappa shape index (κ1) is 15.6. The van der Waals surface area contributed by atoms with Gasteiger partial charge in [0.25, 0.3) is 0 Å². The van der Waals surface area contributed by atoms with Crippen molar-refractivity contribution in [3.05, 3.63) is 45.3 Å². The summed E-state index contributed by atoms with van der Waals surface area (Å²) >= 11 is 12.3. The Bertz CT molecular complexity index is 720. The number of rotatable bonds is 3. The van der Waals surface area contributed by atoms with Crippen LogP contribution in [0.3, 0.4) is 0 Å². The number of benzene rings is 1. The molecule has 0 unspecified atom stereocenters. The van der Waals surface area contributed by atoms with Gasteiger partial charge in [-0.15, -0.1) is 0 Å². The summed E-state index contributed by atoms with van der Waals surface area (Å²) in [5.74, 6) is 1.40. The molecule has 0 saturated heterocycles. The molecule has 1 aromatic carbocycles. The number of nitriles is 1. The summed E-state index contributed by atoms with van der Waals surface area (Å²) in [5, 5.41) is 13.0. The van der Waals surface area contributed by atoms with Crippen LogP contribution in [0.5, 0.6) is 0 Å². The van der Waals surface area contributed by atoms with Gasteiger partial charge in [0.15, 0.2) is 0 Å². The standard InChI is InChI=1S/C15H14Cl2N4/c1-8(2)14-20-13(17)9(3)15(21-14)19-12-6-10(7-18)4-5-11(12)16/h4-6,8H,1-3H3,(H,19,20,21). The van der Waals surface area contributed by atoms with E-state index in [1.54, 1.807) is 18.2 Å². The molecule has 0 atom stereocenters. The number of halogens is 2. The Morgan fingerprint density at radius 2 is 1.95 bits per heavy atom. The van der Waals surface area contributed by atoms with Crippen LogP contribution in [0.15, 0.2) is 18.2 Å². The molecule has 0 spiro atoms. The third-order valence-electron chi connectivity index (χ3n) is 2.97. The third-order valence-corrected chi connectivity index (χ3v) is 3.67. The Kier molecular flexibility index (Phi) is 4.66. The highest BCUT2D eigenvalue weighted by Gasteiger charge is 2.13. The molecule has 1 heterocycles. The highest BCUT2D eigenvalue weighted by Crippen LogP contribution is 2.29. The van der Waals surface area contributed by atoms with Gasteiger partial charge in [-0.1, -0.05) is 37.0 Å². The lowest BCUT2D eigenvalue weighted by Gasteiger charge is -2.14. The number of nitrogens with zero attached hydrogens (tertiary/aromatic N) is 3. The second-order valence-electron chi connectivity index (χ2n) is 4.93. The van der Waals surface area contributed by atoms with Crippen molar-refractivity contribution in [3.8, 4) is 6.07 Å². The maximum Gasteiger partial charge on any atom is 0.138 e. The zero-order valence-corrected chi connectivity index (χ0v) is 13.4. The molecule has 0 aliphatic carbocycles. The summed E-state index contributed by atoms with van der Waals surface area (Å²) in [6.07, 6.45) is 0. The van der Waals surface area contributed by atoms with Crippen molar-refractivity contribution in [1.29, 1.82) is 5.26 Å². The summed E-state index contributed by atoms with van der Waals surface area (Å²) in [6, 6.07) is 7.08. The van der Waals surface area contributed by atoms with Gasteiger partial charge < -0.3 is 5.32 Å². The molecule has 0 amide bonds. The zero-order chi connectivity index (χ0) is 15.6. The highest BCUT2D eigenvalue weighted by atomic mass is 35.5. The van der Waals surface area contributed by atoms with Crippen molar-refractivity contribution < 1.29 is 0 Å². The Morgan fingerprint density at radius 1 is 1.24 bits per heavy atom. The van der Waals surface area contributed by atoms with Crippen LogP contribution in [0, 0.1) is 18.3 Å². The van der Waals surface area contributed by atoms with Crippen molar-refractivity contribution in [1.82, 2.24) is 9.97 Å². The molecule has 21 heavy (non-hydrogen) atoms. The normalized spacial score (nSPS) is 10.5. The van der Waals surface area contributed by atoms with E-state index in [4.69, 9.17) is 28.5 Å². The first-order chi connectivity index (χ1) is 9.92. The molecule has 0 bridgehead atoms. The molecule has 4 nitrogen and oxygen atoms in total. The average Bonchev–Trinajstić information content (AvgIpc) is 2.45. The minimum atomic E-state index is 0.157. The Hall–Kier alpha value is -1.83. The van der Waals surface area contributed by atoms with Crippen LogP contribution in [-0.2, 0) is 0 Å². The molecule has 0 saturated carbocycles. The molecule has 2 aromatic rings. The van der Waals surface area contributed by atoms with Crippen molar-refractivity contribution >= 4 is 34.7 Å². The highest BCUT2D eigenvalue weighted by molar-refractivity contribution is 6.33. The van der Waals surface area contributed by atoms with Gasteiger partial charge in [0, 0.05) is 11.5 Å². The first-order valence-corrected chi connectivity index (χ1v) is 7.18. The van der Waals surface area contributed by atoms with Crippen molar-refractivity contribution in [2.75, 3.05) is 5.32 Å². The Labute approximate surface area is 133 Å². The second kappa shape index (κ2) is 6.30. The van der Waals surface area contributed by atoms with Crippen LogP contribution < -0.4 is 5.32 Å². The minimum absolute atomic E-state index is 0.157. The zero-order valence-electron chi connectivity index (χ0n) is 11.9. The summed E-state index contributed by atoms with van der Waals surface area (Å²) < 4.78 is 0. The van der Waals surface area contributed by atoms with Gasteiger partial charge in [-0.25, -0.2) is 9.97 Å². The molecular formula is C15H14Cl2N4. The van der Waals surface area contributed by atoms with Crippen LogP contribution >= 0.6 is 23.2 Å². The van der Waals surface area contributed by atoms with E-state index in [0.29, 0.717) is 33.1 Å². The van der Waals surface area contributed by atoms with E-state index in [-0.39, 0.29) is 5.92 Å². The molecule has 0 aliphatic heterocycles. The van der Waals surface area contributed by atoms with Gasteiger partial charge in [0.2, 0.25) is 0 Å². The largest absolute Gasteiger partial charge is 0.339 e. The Balaban J connectivity index is 2.46. The molecule has 0 fully saturated rings. The summed E-state index contributed by atoms with van der Waals surface area (Å²) in [4.78, 5) is 8.74. The molecule has 1 N–H and O–H groups in total. The van der Waals surface area contributed by atoms with Crippen LogP contribution in [0.2, 0.25) is 10.2 Å². The van der Waals surface area contributed by atoms with Gasteiger partial charge in [0.05, 0.1) is 22.3 Å². The number of hydrogen-bond acceptors (Lipinski definition) is 4. The topological polar surface area (TPSA) is 61.6 Å². The fourth-order valence-corrected chi connectivity index (χ4v) is 2.04. The molecule has 1 aromatic heterocycles. The van der Waals surface area contributed by atoms with E-state index in [0.717, 1.165) is 5.56 Å². The van der Waals surface area contributed by atoms with E-state index < -0.39 is 0 Å². The Morgan fingerprint density at radius 3 is 2.57 bits per heavy atom. The minimum Gasteiger partial charge on any atom is -0.339 e. The van der Waals surface area contributed by atoms with E-state index in [2.05, 4.69) is 21.4 Å². The first-order valence-electron chi connectivity index (χ1n) is 6.43. The smallest absolute Gasteiger partial charge is 0.138 e. The SMILES string of the molecule is Cc1c(Cl)nc(C(C)C)nc1Nc1cc(C#N)ccc1Cl. The maximum atomic E-state index is 8.97. The monoisotopic (exact) mass is 320 g/mol. The predicted octanol–water partition coefficient (Wildman–Crippen LogP) is 4.83. The fraction of sp³-hybridized carbons (Fsp3) is 0.267. The van der Waals surface area contributed by atoms with Crippen LogP contribution in [0.4, 0.5) is 11.5 Å². The number of anilines is 2. The van der Waals surface area contributed by atoms with Crippen molar-refractivity contribution in [3.63, 3.8) is 0 Å². The number of nitrogens with one attached hydrogen (secondary N) is 1. The summed E-state index contributed by atoms with van der Waals surface area (Å²) in [6.45, 7) is 5.82. The average molecular weight is 321 g/mol. The molecule has 6 heteroatoms. The number of hydrogen-bond donors (Lipinski definition) is 1.